The predicted octanol–water partition coefficient (Wildman–Crippen LogP) is 9.45. The molecule has 2 heterocycles. The number of fused-ring (bicyclic) bond motifs is 2. The van der Waals surface area contributed by atoms with Crippen molar-refractivity contribution < 1.29 is 0 Å². The van der Waals surface area contributed by atoms with Crippen LogP contribution in [0.15, 0.2) is 146 Å². The highest BCUT2D eigenvalue weighted by atomic mass is 14.7. The lowest BCUT2D eigenvalue weighted by molar-refractivity contribution is 1.28. The molecule has 0 amide bonds. The van der Waals surface area contributed by atoms with Crippen LogP contribution in [-0.4, -0.2) is 9.97 Å². The first-order valence-corrected chi connectivity index (χ1v) is 12.8. The van der Waals surface area contributed by atoms with Crippen molar-refractivity contribution in [3.05, 3.63) is 146 Å². The van der Waals surface area contributed by atoms with Crippen molar-refractivity contribution in [2.24, 2.45) is 0 Å². The van der Waals surface area contributed by atoms with E-state index in [1.165, 1.54) is 43.8 Å². The third kappa shape index (κ3) is 3.84. The summed E-state index contributed by atoms with van der Waals surface area (Å²) in [7, 11) is 0. The highest BCUT2D eigenvalue weighted by molar-refractivity contribution is 6.21. The lowest BCUT2D eigenvalue weighted by Gasteiger charge is -2.18. The second kappa shape index (κ2) is 9.42. The van der Waals surface area contributed by atoms with Gasteiger partial charge in [0, 0.05) is 23.5 Å². The Balaban J connectivity index is 1.46. The molecule has 178 valence electrons. The maximum atomic E-state index is 4.99. The molecule has 7 aromatic rings. The molecule has 5 aromatic carbocycles. The van der Waals surface area contributed by atoms with Crippen LogP contribution in [0.5, 0.6) is 0 Å². The standard InChI is InChI=1S/C36H24N2/c1-2-11-25(12-3-1)35-29-16-4-6-18-31(29)36(32-19-7-5-17-30(32)35)27-14-8-13-26(23-27)33-20-9-21-34(38-33)28-15-10-22-37-24-28/h1-24H. The number of hydrogen-bond acceptors (Lipinski definition) is 2. The number of rotatable bonds is 4. The van der Waals surface area contributed by atoms with Crippen molar-refractivity contribution in [3.8, 4) is 44.8 Å². The van der Waals surface area contributed by atoms with E-state index in [9.17, 15) is 0 Å². The van der Waals surface area contributed by atoms with E-state index in [1.807, 2.05) is 24.4 Å². The molecule has 0 fully saturated rings. The summed E-state index contributed by atoms with van der Waals surface area (Å²) in [5.41, 5.74) is 8.92. The summed E-state index contributed by atoms with van der Waals surface area (Å²) in [6, 6.07) is 47.2. The molecule has 0 aliphatic carbocycles. The van der Waals surface area contributed by atoms with Crippen molar-refractivity contribution in [3.63, 3.8) is 0 Å². The van der Waals surface area contributed by atoms with Crippen LogP contribution in [-0.2, 0) is 0 Å². The second-order valence-corrected chi connectivity index (χ2v) is 9.44. The third-order valence-corrected chi connectivity index (χ3v) is 7.15. The number of hydrogen-bond donors (Lipinski definition) is 0. The van der Waals surface area contributed by atoms with Gasteiger partial charge in [-0.3, -0.25) is 4.98 Å². The molecule has 0 aliphatic rings. The molecule has 0 N–H and O–H groups in total. The molecule has 0 aliphatic heterocycles. The van der Waals surface area contributed by atoms with Crippen molar-refractivity contribution in [1.29, 1.82) is 0 Å². The van der Waals surface area contributed by atoms with Crippen LogP contribution in [0.4, 0.5) is 0 Å². The molecule has 2 aromatic heterocycles. The van der Waals surface area contributed by atoms with E-state index in [4.69, 9.17) is 4.98 Å². The first-order valence-electron chi connectivity index (χ1n) is 12.8. The van der Waals surface area contributed by atoms with E-state index >= 15 is 0 Å². The Kier molecular flexibility index (Phi) is 5.49. The Bertz CT molecular complexity index is 1850. The minimum Gasteiger partial charge on any atom is -0.264 e. The summed E-state index contributed by atoms with van der Waals surface area (Å²) >= 11 is 0. The normalized spacial score (nSPS) is 11.2. The monoisotopic (exact) mass is 484 g/mol. The zero-order valence-electron chi connectivity index (χ0n) is 20.8. The van der Waals surface area contributed by atoms with Gasteiger partial charge >= 0.3 is 0 Å². The van der Waals surface area contributed by atoms with E-state index in [2.05, 4.69) is 120 Å². The Labute approximate surface area is 221 Å². The lowest BCUT2D eigenvalue weighted by Crippen LogP contribution is -1.92. The number of nitrogens with zero attached hydrogens (tertiary/aromatic N) is 2. The molecule has 2 nitrogen and oxygen atoms in total. The number of benzene rings is 5. The smallest absolute Gasteiger partial charge is 0.0725 e. The molecule has 0 saturated heterocycles. The minimum atomic E-state index is 0.920. The summed E-state index contributed by atoms with van der Waals surface area (Å²) in [5.74, 6) is 0. The van der Waals surface area contributed by atoms with Crippen molar-refractivity contribution in [1.82, 2.24) is 9.97 Å². The average Bonchev–Trinajstić information content (AvgIpc) is 3.01. The Morgan fingerprint density at radius 2 is 0.868 bits per heavy atom. The topological polar surface area (TPSA) is 25.8 Å². The summed E-state index contributed by atoms with van der Waals surface area (Å²) in [4.78, 5) is 9.25. The van der Waals surface area contributed by atoms with Gasteiger partial charge in [0.1, 0.15) is 0 Å². The highest BCUT2D eigenvalue weighted by Gasteiger charge is 2.16. The van der Waals surface area contributed by atoms with Gasteiger partial charge in [-0.2, -0.15) is 0 Å². The van der Waals surface area contributed by atoms with E-state index in [1.54, 1.807) is 6.20 Å². The van der Waals surface area contributed by atoms with Crippen LogP contribution in [0.1, 0.15) is 0 Å². The Hall–Kier alpha value is -5.08. The number of aromatic nitrogens is 2. The van der Waals surface area contributed by atoms with Crippen LogP contribution >= 0.6 is 0 Å². The van der Waals surface area contributed by atoms with Gasteiger partial charge in [-0.1, -0.05) is 103 Å². The molecule has 38 heavy (non-hydrogen) atoms. The first-order chi connectivity index (χ1) is 18.9. The Morgan fingerprint density at radius 1 is 0.368 bits per heavy atom. The van der Waals surface area contributed by atoms with Crippen molar-refractivity contribution >= 4 is 21.5 Å². The van der Waals surface area contributed by atoms with Gasteiger partial charge in [-0.25, -0.2) is 4.98 Å². The van der Waals surface area contributed by atoms with Gasteiger partial charge in [0.2, 0.25) is 0 Å². The van der Waals surface area contributed by atoms with Crippen molar-refractivity contribution in [2.45, 2.75) is 0 Å². The molecule has 0 spiro atoms. The molecule has 0 unspecified atom stereocenters. The van der Waals surface area contributed by atoms with Crippen LogP contribution in [0.25, 0.3) is 66.3 Å². The van der Waals surface area contributed by atoms with E-state index in [0.717, 1.165) is 22.5 Å². The molecule has 7 rings (SSSR count). The largest absolute Gasteiger partial charge is 0.264 e. The molecular formula is C36H24N2. The van der Waals surface area contributed by atoms with Crippen LogP contribution < -0.4 is 0 Å². The second-order valence-electron chi connectivity index (χ2n) is 9.44. The van der Waals surface area contributed by atoms with Gasteiger partial charge in [-0.05, 0) is 74.1 Å². The Morgan fingerprint density at radius 3 is 1.50 bits per heavy atom. The third-order valence-electron chi connectivity index (χ3n) is 7.15. The zero-order chi connectivity index (χ0) is 25.3. The summed E-state index contributed by atoms with van der Waals surface area (Å²) in [6.45, 7) is 0. The zero-order valence-corrected chi connectivity index (χ0v) is 20.8. The summed E-state index contributed by atoms with van der Waals surface area (Å²) in [6.07, 6.45) is 3.64. The lowest BCUT2D eigenvalue weighted by atomic mass is 9.85. The van der Waals surface area contributed by atoms with E-state index in [0.29, 0.717) is 0 Å². The fourth-order valence-corrected chi connectivity index (χ4v) is 5.46. The molecule has 2 heteroatoms. The van der Waals surface area contributed by atoms with E-state index in [-0.39, 0.29) is 0 Å². The van der Waals surface area contributed by atoms with E-state index < -0.39 is 0 Å². The predicted molar refractivity (Wildman–Crippen MR) is 159 cm³/mol. The average molecular weight is 485 g/mol. The molecule has 0 radical (unpaired) electrons. The van der Waals surface area contributed by atoms with Crippen LogP contribution in [0.2, 0.25) is 0 Å². The number of pyridine rings is 2. The van der Waals surface area contributed by atoms with Gasteiger partial charge in [0.15, 0.2) is 0 Å². The van der Waals surface area contributed by atoms with Gasteiger partial charge in [-0.15, -0.1) is 0 Å². The van der Waals surface area contributed by atoms with Crippen LogP contribution in [0, 0.1) is 0 Å². The fraction of sp³-hybridized carbons (Fsp3) is 0. The molecular weight excluding hydrogens is 460 g/mol. The molecule has 0 saturated carbocycles. The van der Waals surface area contributed by atoms with Crippen molar-refractivity contribution in [2.75, 3.05) is 0 Å². The SMILES string of the molecule is c1ccc(-c2c3ccccc3c(-c3cccc(-c4cccc(-c5cccnc5)n4)c3)c3ccccc23)cc1. The quantitative estimate of drug-likeness (QED) is 0.233. The maximum absolute atomic E-state index is 4.99. The first kappa shape index (κ1) is 22.1. The summed E-state index contributed by atoms with van der Waals surface area (Å²) in [5, 5.41) is 5.02. The van der Waals surface area contributed by atoms with Gasteiger partial charge < -0.3 is 0 Å². The summed E-state index contributed by atoms with van der Waals surface area (Å²) < 4.78 is 0. The van der Waals surface area contributed by atoms with Gasteiger partial charge in [0.05, 0.1) is 11.4 Å². The molecule has 0 atom stereocenters. The molecule has 0 bridgehead atoms. The van der Waals surface area contributed by atoms with Gasteiger partial charge in [0.25, 0.3) is 0 Å². The fourth-order valence-electron chi connectivity index (χ4n) is 5.46. The van der Waals surface area contributed by atoms with Crippen LogP contribution in [0.3, 0.4) is 0 Å². The minimum absolute atomic E-state index is 0.920. The highest BCUT2D eigenvalue weighted by Crippen LogP contribution is 2.44. The maximum Gasteiger partial charge on any atom is 0.0725 e.